The van der Waals surface area contributed by atoms with Gasteiger partial charge in [-0.2, -0.15) is 0 Å². The van der Waals surface area contributed by atoms with E-state index < -0.39 is 11.9 Å². The molecule has 2 atom stereocenters. The molecule has 0 fully saturated rings. The quantitative estimate of drug-likeness (QED) is 0.679. The number of carbonyl (C=O) groups is 2. The maximum Gasteiger partial charge on any atom is 0.339 e. The van der Waals surface area contributed by atoms with Gasteiger partial charge in [0.05, 0.1) is 11.1 Å². The van der Waals surface area contributed by atoms with E-state index >= 15 is 0 Å². The van der Waals surface area contributed by atoms with Crippen molar-refractivity contribution in [2.45, 2.75) is 38.9 Å². The van der Waals surface area contributed by atoms with Gasteiger partial charge in [-0.15, -0.1) is 0 Å². The highest BCUT2D eigenvalue weighted by Gasteiger charge is 2.35. The summed E-state index contributed by atoms with van der Waals surface area (Å²) in [7, 11) is 0. The van der Waals surface area contributed by atoms with Crippen molar-refractivity contribution in [1.29, 1.82) is 0 Å². The highest BCUT2D eigenvalue weighted by molar-refractivity contribution is 6.09. The van der Waals surface area contributed by atoms with Gasteiger partial charge < -0.3 is 9.47 Å². The lowest BCUT2D eigenvalue weighted by Gasteiger charge is -2.02. The van der Waals surface area contributed by atoms with Gasteiger partial charge in [0, 0.05) is 0 Å². The molecule has 16 heavy (non-hydrogen) atoms. The van der Waals surface area contributed by atoms with Gasteiger partial charge in [0.15, 0.2) is 0 Å². The van der Waals surface area contributed by atoms with Crippen LogP contribution in [0.15, 0.2) is 23.3 Å². The number of cyclic esters (lactones) is 2. The van der Waals surface area contributed by atoms with Crippen LogP contribution in [0.25, 0.3) is 0 Å². The lowest BCUT2D eigenvalue weighted by atomic mass is 10.1. The van der Waals surface area contributed by atoms with E-state index in [-0.39, 0.29) is 12.2 Å². The molecular formula is C12H14O4. The van der Waals surface area contributed by atoms with Gasteiger partial charge in [0.2, 0.25) is 0 Å². The van der Waals surface area contributed by atoms with Crippen molar-refractivity contribution in [1.82, 2.24) is 0 Å². The van der Waals surface area contributed by atoms with Crippen LogP contribution in [0.4, 0.5) is 0 Å². The minimum Gasteiger partial charge on any atom is -0.455 e. The van der Waals surface area contributed by atoms with Gasteiger partial charge in [0.25, 0.3) is 0 Å². The van der Waals surface area contributed by atoms with Crippen LogP contribution in [0.2, 0.25) is 0 Å². The summed E-state index contributed by atoms with van der Waals surface area (Å²) in [5.41, 5.74) is 0.709. The van der Waals surface area contributed by atoms with Crippen LogP contribution in [-0.2, 0) is 19.1 Å². The van der Waals surface area contributed by atoms with Crippen LogP contribution in [0.1, 0.15) is 26.7 Å². The Morgan fingerprint density at radius 2 is 1.31 bits per heavy atom. The molecule has 86 valence electrons. The minimum absolute atomic E-state index is 0.211. The number of rotatable bonds is 3. The summed E-state index contributed by atoms with van der Waals surface area (Å²) in [6.45, 7) is 3.85. The van der Waals surface area contributed by atoms with Gasteiger partial charge in [0.1, 0.15) is 12.2 Å². The molecule has 0 spiro atoms. The smallest absolute Gasteiger partial charge is 0.339 e. The molecule has 0 aliphatic carbocycles. The number of esters is 2. The molecule has 0 saturated carbocycles. The van der Waals surface area contributed by atoms with Crippen LogP contribution in [0.3, 0.4) is 0 Å². The predicted molar refractivity (Wildman–Crippen MR) is 56.5 cm³/mol. The zero-order valence-electron chi connectivity index (χ0n) is 9.36. The van der Waals surface area contributed by atoms with Crippen LogP contribution in [0.5, 0.6) is 0 Å². The maximum absolute atomic E-state index is 11.5. The molecule has 4 heteroatoms. The SMILES string of the molecule is CCC1C=C(C2=CC(CC)OC2=O)C(=O)O1. The minimum atomic E-state index is -0.424. The van der Waals surface area contributed by atoms with Gasteiger partial charge >= 0.3 is 11.9 Å². The second-order valence-electron chi connectivity index (χ2n) is 3.86. The first-order valence-corrected chi connectivity index (χ1v) is 5.51. The summed E-state index contributed by atoms with van der Waals surface area (Å²) in [6, 6.07) is 0. The fourth-order valence-electron chi connectivity index (χ4n) is 1.78. The average molecular weight is 222 g/mol. The van der Waals surface area contributed by atoms with Crippen molar-refractivity contribution in [3.05, 3.63) is 23.3 Å². The van der Waals surface area contributed by atoms with Crippen molar-refractivity contribution in [2.75, 3.05) is 0 Å². The second-order valence-corrected chi connectivity index (χ2v) is 3.86. The Hall–Kier alpha value is -1.58. The molecule has 0 bridgehead atoms. The van der Waals surface area contributed by atoms with Gasteiger partial charge in [-0.05, 0) is 25.0 Å². The zero-order chi connectivity index (χ0) is 11.7. The van der Waals surface area contributed by atoms with E-state index in [0.29, 0.717) is 11.1 Å². The largest absolute Gasteiger partial charge is 0.455 e. The van der Waals surface area contributed by atoms with E-state index in [4.69, 9.17) is 9.47 Å². The van der Waals surface area contributed by atoms with Crippen molar-refractivity contribution < 1.29 is 19.1 Å². The molecule has 0 radical (unpaired) electrons. The Labute approximate surface area is 93.9 Å². The summed E-state index contributed by atoms with van der Waals surface area (Å²) >= 11 is 0. The number of carbonyl (C=O) groups excluding carboxylic acids is 2. The monoisotopic (exact) mass is 222 g/mol. The Morgan fingerprint density at radius 1 is 0.938 bits per heavy atom. The molecule has 0 saturated heterocycles. The Morgan fingerprint density at radius 3 is 1.56 bits per heavy atom. The highest BCUT2D eigenvalue weighted by atomic mass is 16.6. The number of ether oxygens (including phenoxy) is 2. The standard InChI is InChI=1S/C12H14O4/c1-3-7-5-9(11(13)15-7)10-6-8(4-2)16-12(10)14/h5-8H,3-4H2,1-2H3. The molecule has 0 N–H and O–H groups in total. The van der Waals surface area contributed by atoms with Crippen LogP contribution < -0.4 is 0 Å². The van der Waals surface area contributed by atoms with E-state index in [9.17, 15) is 9.59 Å². The first-order chi connectivity index (χ1) is 7.65. The van der Waals surface area contributed by atoms with Crippen LogP contribution in [-0.4, -0.2) is 24.1 Å². The highest BCUT2D eigenvalue weighted by Crippen LogP contribution is 2.28. The zero-order valence-corrected chi connectivity index (χ0v) is 9.36. The van der Waals surface area contributed by atoms with E-state index in [0.717, 1.165) is 12.8 Å². The Bertz CT molecular complexity index is 354. The fourth-order valence-corrected chi connectivity index (χ4v) is 1.78. The third-order valence-corrected chi connectivity index (χ3v) is 2.76. The average Bonchev–Trinajstić information content (AvgIpc) is 2.81. The summed E-state index contributed by atoms with van der Waals surface area (Å²) in [4.78, 5) is 23.1. The summed E-state index contributed by atoms with van der Waals surface area (Å²) < 4.78 is 10.1. The molecule has 0 aromatic rings. The second kappa shape index (κ2) is 4.12. The summed E-state index contributed by atoms with van der Waals surface area (Å²) in [5.74, 6) is -0.849. The van der Waals surface area contributed by atoms with Gasteiger partial charge in [-0.25, -0.2) is 9.59 Å². The summed E-state index contributed by atoms with van der Waals surface area (Å²) in [6.07, 6.45) is 4.42. The van der Waals surface area contributed by atoms with Crippen molar-refractivity contribution in [3.63, 3.8) is 0 Å². The molecule has 2 aliphatic rings. The number of hydrogen-bond acceptors (Lipinski definition) is 4. The van der Waals surface area contributed by atoms with Gasteiger partial charge in [-0.3, -0.25) is 0 Å². The molecule has 2 aliphatic heterocycles. The molecule has 2 rings (SSSR count). The van der Waals surface area contributed by atoms with E-state index in [1.165, 1.54) is 0 Å². The molecule has 0 amide bonds. The normalized spacial score (nSPS) is 28.6. The molecule has 0 aromatic heterocycles. The summed E-state index contributed by atoms with van der Waals surface area (Å²) in [5, 5.41) is 0. The first kappa shape index (κ1) is 10.9. The lowest BCUT2D eigenvalue weighted by molar-refractivity contribution is -0.142. The Kier molecular flexibility index (Phi) is 2.81. The third kappa shape index (κ3) is 1.75. The number of hydrogen-bond donors (Lipinski definition) is 0. The maximum atomic E-state index is 11.5. The topological polar surface area (TPSA) is 52.6 Å². The van der Waals surface area contributed by atoms with Crippen molar-refractivity contribution in [3.8, 4) is 0 Å². The molecule has 4 nitrogen and oxygen atoms in total. The van der Waals surface area contributed by atoms with Crippen molar-refractivity contribution in [2.24, 2.45) is 0 Å². The first-order valence-electron chi connectivity index (χ1n) is 5.51. The van der Waals surface area contributed by atoms with Crippen LogP contribution in [0, 0.1) is 0 Å². The third-order valence-electron chi connectivity index (χ3n) is 2.76. The molecule has 0 aromatic carbocycles. The van der Waals surface area contributed by atoms with E-state index in [2.05, 4.69) is 0 Å². The lowest BCUT2D eigenvalue weighted by Crippen LogP contribution is -2.10. The fraction of sp³-hybridized carbons (Fsp3) is 0.500. The van der Waals surface area contributed by atoms with Gasteiger partial charge in [-0.1, -0.05) is 13.8 Å². The molecular weight excluding hydrogens is 208 g/mol. The molecule has 2 unspecified atom stereocenters. The molecule has 2 heterocycles. The van der Waals surface area contributed by atoms with Crippen LogP contribution >= 0.6 is 0 Å². The Balaban J connectivity index is 2.25. The van der Waals surface area contributed by atoms with E-state index in [1.54, 1.807) is 12.2 Å². The van der Waals surface area contributed by atoms with E-state index in [1.807, 2.05) is 13.8 Å². The van der Waals surface area contributed by atoms with Crippen molar-refractivity contribution >= 4 is 11.9 Å². The predicted octanol–water partition coefficient (Wildman–Crippen LogP) is 1.51.